The van der Waals surface area contributed by atoms with Gasteiger partial charge in [-0.1, -0.05) is 13.8 Å². The number of aromatic nitrogens is 5. The van der Waals surface area contributed by atoms with Gasteiger partial charge in [0, 0.05) is 35.9 Å². The lowest BCUT2D eigenvalue weighted by atomic mass is 10.0. The Morgan fingerprint density at radius 1 is 1.16 bits per heavy atom. The summed E-state index contributed by atoms with van der Waals surface area (Å²) in [6.45, 7) is 4.85. The Kier molecular flexibility index (Phi) is 7.65. The molecule has 1 atom stereocenters. The number of amides is 1. The molecular formula is C25H26F5N7O. The predicted octanol–water partition coefficient (Wildman–Crippen LogP) is 5.71. The number of carbonyl (C=O) groups excluding carboxylic acids is 1. The van der Waals surface area contributed by atoms with Crippen LogP contribution in [0.25, 0.3) is 16.9 Å². The van der Waals surface area contributed by atoms with Crippen LogP contribution in [0.1, 0.15) is 48.8 Å². The van der Waals surface area contributed by atoms with Gasteiger partial charge in [0.1, 0.15) is 6.54 Å². The number of hydrogen-bond acceptors (Lipinski definition) is 5. The third-order valence-electron chi connectivity index (χ3n) is 6.04. The summed E-state index contributed by atoms with van der Waals surface area (Å²) in [7, 11) is 0. The Labute approximate surface area is 214 Å². The van der Waals surface area contributed by atoms with E-state index in [1.165, 1.54) is 23.0 Å². The number of benzene rings is 1. The van der Waals surface area contributed by atoms with Crippen LogP contribution in [0.2, 0.25) is 0 Å². The van der Waals surface area contributed by atoms with E-state index in [1.54, 1.807) is 18.2 Å². The topological polar surface area (TPSA) is 89.1 Å². The molecular weight excluding hydrogens is 509 g/mol. The lowest BCUT2D eigenvalue weighted by Gasteiger charge is -2.15. The summed E-state index contributed by atoms with van der Waals surface area (Å²) in [6, 6.07) is 5.23. The van der Waals surface area contributed by atoms with Crippen LogP contribution in [-0.2, 0) is 19.1 Å². The highest BCUT2D eigenvalue weighted by molar-refractivity contribution is 5.96. The molecule has 1 unspecified atom stereocenters. The molecule has 4 rings (SSSR count). The molecule has 0 fully saturated rings. The lowest BCUT2D eigenvalue weighted by molar-refractivity contribution is -0.141. The molecule has 0 spiro atoms. The zero-order chi connectivity index (χ0) is 27.6. The van der Waals surface area contributed by atoms with Gasteiger partial charge >= 0.3 is 6.18 Å². The highest BCUT2D eigenvalue weighted by Gasteiger charge is 2.38. The van der Waals surface area contributed by atoms with Crippen LogP contribution in [0.4, 0.5) is 33.5 Å². The molecule has 202 valence electrons. The Bertz CT molecular complexity index is 1440. The van der Waals surface area contributed by atoms with Crippen molar-refractivity contribution < 1.29 is 26.7 Å². The number of nitrogens with one attached hydrogen (secondary N) is 2. The molecule has 0 radical (unpaired) electrons. The van der Waals surface area contributed by atoms with Crippen molar-refractivity contribution in [3.8, 4) is 11.3 Å². The SMILES string of the molecule is CCc1cc(Nc2nccn3c(-c4cn(CC(F)F)nc4C(F)(F)F)cnc23)ccc1C(=O)NC(C)CC. The number of rotatable bonds is 9. The van der Waals surface area contributed by atoms with Crippen LogP contribution in [0, 0.1) is 0 Å². The number of anilines is 2. The van der Waals surface area contributed by atoms with Gasteiger partial charge in [-0.3, -0.25) is 13.9 Å². The molecule has 0 saturated heterocycles. The molecule has 2 N–H and O–H groups in total. The summed E-state index contributed by atoms with van der Waals surface area (Å²) in [5.41, 5.74) is 0.519. The Morgan fingerprint density at radius 2 is 1.92 bits per heavy atom. The Hall–Kier alpha value is -4.03. The van der Waals surface area contributed by atoms with E-state index < -0.39 is 24.8 Å². The normalized spacial score (nSPS) is 12.8. The molecule has 1 amide bonds. The van der Waals surface area contributed by atoms with E-state index in [-0.39, 0.29) is 34.7 Å². The number of carbonyl (C=O) groups is 1. The van der Waals surface area contributed by atoms with E-state index in [0.29, 0.717) is 22.4 Å². The van der Waals surface area contributed by atoms with Crippen LogP contribution in [0.3, 0.4) is 0 Å². The van der Waals surface area contributed by atoms with Gasteiger partial charge < -0.3 is 10.6 Å². The number of fused-ring (bicyclic) bond motifs is 1. The molecule has 4 aromatic rings. The highest BCUT2D eigenvalue weighted by Crippen LogP contribution is 2.37. The number of alkyl halides is 5. The quantitative estimate of drug-likeness (QED) is 0.268. The van der Waals surface area contributed by atoms with E-state index in [2.05, 4.69) is 25.7 Å². The first-order valence-electron chi connectivity index (χ1n) is 12.0. The van der Waals surface area contributed by atoms with Gasteiger partial charge in [-0.2, -0.15) is 18.3 Å². The van der Waals surface area contributed by atoms with E-state index >= 15 is 0 Å². The Balaban J connectivity index is 1.69. The van der Waals surface area contributed by atoms with E-state index in [0.717, 1.165) is 18.2 Å². The van der Waals surface area contributed by atoms with Crippen molar-refractivity contribution in [2.24, 2.45) is 0 Å². The second-order valence-corrected chi connectivity index (χ2v) is 8.75. The number of imidazole rings is 1. The highest BCUT2D eigenvalue weighted by atomic mass is 19.4. The first-order valence-corrected chi connectivity index (χ1v) is 12.0. The molecule has 13 heteroatoms. The third-order valence-corrected chi connectivity index (χ3v) is 6.04. The summed E-state index contributed by atoms with van der Waals surface area (Å²) >= 11 is 0. The molecule has 38 heavy (non-hydrogen) atoms. The van der Waals surface area contributed by atoms with Gasteiger partial charge in [0.25, 0.3) is 12.3 Å². The van der Waals surface area contributed by atoms with Crippen molar-refractivity contribution in [2.75, 3.05) is 5.32 Å². The van der Waals surface area contributed by atoms with Crippen LogP contribution in [0.5, 0.6) is 0 Å². The molecule has 3 aromatic heterocycles. The fourth-order valence-corrected chi connectivity index (χ4v) is 3.99. The van der Waals surface area contributed by atoms with Crippen molar-refractivity contribution >= 4 is 23.1 Å². The number of nitrogens with zero attached hydrogens (tertiary/aromatic N) is 5. The monoisotopic (exact) mass is 535 g/mol. The van der Waals surface area contributed by atoms with Gasteiger partial charge in [-0.15, -0.1) is 0 Å². The van der Waals surface area contributed by atoms with Gasteiger partial charge in [0.15, 0.2) is 17.2 Å². The van der Waals surface area contributed by atoms with E-state index in [1.807, 2.05) is 20.8 Å². The first-order chi connectivity index (χ1) is 18.0. The largest absolute Gasteiger partial charge is 0.435 e. The third kappa shape index (κ3) is 5.60. The summed E-state index contributed by atoms with van der Waals surface area (Å²) in [4.78, 5) is 21.2. The minimum absolute atomic E-state index is 0.0181. The molecule has 3 heterocycles. The second-order valence-electron chi connectivity index (χ2n) is 8.75. The fraction of sp³-hybridized carbons (Fsp3) is 0.360. The molecule has 0 aliphatic carbocycles. The summed E-state index contributed by atoms with van der Waals surface area (Å²) in [5, 5.41) is 9.40. The lowest BCUT2D eigenvalue weighted by Crippen LogP contribution is -2.32. The Morgan fingerprint density at radius 3 is 2.58 bits per heavy atom. The van der Waals surface area contributed by atoms with Crippen molar-refractivity contribution in [2.45, 2.75) is 58.8 Å². The number of aryl methyl sites for hydroxylation is 1. The zero-order valence-corrected chi connectivity index (χ0v) is 20.9. The molecule has 0 aliphatic rings. The van der Waals surface area contributed by atoms with Crippen molar-refractivity contribution in [3.05, 3.63) is 59.8 Å². The minimum Gasteiger partial charge on any atom is -0.350 e. The molecule has 1 aromatic carbocycles. The van der Waals surface area contributed by atoms with Crippen LogP contribution in [-0.4, -0.2) is 42.5 Å². The van der Waals surface area contributed by atoms with E-state index in [9.17, 15) is 26.7 Å². The second kappa shape index (κ2) is 10.8. The summed E-state index contributed by atoms with van der Waals surface area (Å²) < 4.78 is 68.6. The number of halogens is 5. The molecule has 0 bridgehead atoms. The average Bonchev–Trinajstić information content (AvgIpc) is 3.48. The molecule has 8 nitrogen and oxygen atoms in total. The van der Waals surface area contributed by atoms with E-state index in [4.69, 9.17) is 0 Å². The van der Waals surface area contributed by atoms with Gasteiger partial charge in [-0.25, -0.2) is 18.7 Å². The minimum atomic E-state index is -4.86. The predicted molar refractivity (Wildman–Crippen MR) is 132 cm³/mol. The van der Waals surface area contributed by atoms with Crippen molar-refractivity contribution in [3.63, 3.8) is 0 Å². The van der Waals surface area contributed by atoms with Gasteiger partial charge in [0.05, 0.1) is 17.5 Å². The van der Waals surface area contributed by atoms with Crippen LogP contribution >= 0.6 is 0 Å². The maximum Gasteiger partial charge on any atom is 0.435 e. The van der Waals surface area contributed by atoms with Crippen LogP contribution < -0.4 is 10.6 Å². The average molecular weight is 536 g/mol. The first kappa shape index (κ1) is 27.0. The molecule has 0 aliphatic heterocycles. The van der Waals surface area contributed by atoms with Crippen molar-refractivity contribution in [1.29, 1.82) is 0 Å². The van der Waals surface area contributed by atoms with Crippen molar-refractivity contribution in [1.82, 2.24) is 29.5 Å². The zero-order valence-electron chi connectivity index (χ0n) is 20.9. The summed E-state index contributed by atoms with van der Waals surface area (Å²) in [5.74, 6) is 0.0832. The smallest absolute Gasteiger partial charge is 0.350 e. The standard InChI is InChI=1S/C25H26F5N7O/c1-4-14(3)33-24(38)17-7-6-16(10-15(17)5-2)34-22-23-32-11-19(37(23)9-8-31-22)18-12-36(13-20(26)27)35-21(18)25(28,29)30/h6-12,14,20H,4-5,13H2,1-3H3,(H,31,34)(H,33,38). The van der Waals surface area contributed by atoms with Crippen LogP contribution in [0.15, 0.2) is 43.0 Å². The molecule has 0 saturated carbocycles. The van der Waals surface area contributed by atoms with Gasteiger partial charge in [-0.05, 0) is 43.5 Å². The number of hydrogen-bond donors (Lipinski definition) is 2. The summed E-state index contributed by atoms with van der Waals surface area (Å²) in [6.07, 6.45) is -1.39. The maximum atomic E-state index is 13.7. The maximum absolute atomic E-state index is 13.7. The fourth-order valence-electron chi connectivity index (χ4n) is 3.99. The van der Waals surface area contributed by atoms with Gasteiger partial charge in [0.2, 0.25) is 0 Å².